The third kappa shape index (κ3) is 4.19. The summed E-state index contributed by atoms with van der Waals surface area (Å²) in [5.41, 5.74) is 2.01. The van der Waals surface area contributed by atoms with E-state index in [1.165, 1.54) is 5.56 Å². The third-order valence-electron chi connectivity index (χ3n) is 4.35. The molecular formula is C19H23ClNO+. The van der Waals surface area contributed by atoms with Gasteiger partial charge >= 0.3 is 0 Å². The van der Waals surface area contributed by atoms with E-state index in [2.05, 4.69) is 38.1 Å². The summed E-state index contributed by atoms with van der Waals surface area (Å²) in [6.45, 7) is 7.58. The predicted molar refractivity (Wildman–Crippen MR) is 92.1 cm³/mol. The second kappa shape index (κ2) is 7.57. The molecule has 0 bridgehead atoms. The van der Waals surface area contributed by atoms with Crippen LogP contribution in [0.15, 0.2) is 54.6 Å². The minimum absolute atomic E-state index is 0.177. The van der Waals surface area contributed by atoms with Gasteiger partial charge in [-0.1, -0.05) is 41.9 Å². The zero-order chi connectivity index (χ0) is 16.0. The molecule has 2 aromatic rings. The average molecular weight is 317 g/mol. The Bertz CT molecular complexity index is 603. The highest BCUT2D eigenvalue weighted by Crippen LogP contribution is 2.17. The third-order valence-corrected chi connectivity index (χ3v) is 4.60. The van der Waals surface area contributed by atoms with Crippen LogP contribution in [-0.4, -0.2) is 29.9 Å². The number of benzene rings is 2. The van der Waals surface area contributed by atoms with Gasteiger partial charge in [-0.25, -0.2) is 0 Å². The molecule has 0 fully saturated rings. The molecule has 2 rings (SSSR count). The normalized spacial score (nSPS) is 11.4. The Morgan fingerprint density at radius 2 is 1.55 bits per heavy atom. The smallest absolute Gasteiger partial charge is 0.216 e. The summed E-state index contributed by atoms with van der Waals surface area (Å²) in [6, 6.07) is 17.6. The summed E-state index contributed by atoms with van der Waals surface area (Å²) in [5.74, 6) is 0.177. The van der Waals surface area contributed by atoms with Crippen LogP contribution in [-0.2, 0) is 6.54 Å². The Morgan fingerprint density at radius 3 is 2.09 bits per heavy atom. The maximum Gasteiger partial charge on any atom is 0.216 e. The van der Waals surface area contributed by atoms with Crippen LogP contribution in [0.4, 0.5) is 0 Å². The van der Waals surface area contributed by atoms with Crippen molar-refractivity contribution in [2.45, 2.75) is 20.4 Å². The van der Waals surface area contributed by atoms with Crippen molar-refractivity contribution in [2.75, 3.05) is 19.6 Å². The Kier molecular flexibility index (Phi) is 5.76. The lowest BCUT2D eigenvalue weighted by molar-refractivity contribution is -0.930. The fourth-order valence-corrected chi connectivity index (χ4v) is 2.86. The van der Waals surface area contributed by atoms with Crippen LogP contribution in [0.25, 0.3) is 0 Å². The lowest BCUT2D eigenvalue weighted by atomic mass is 10.1. The van der Waals surface area contributed by atoms with Gasteiger partial charge in [-0.15, -0.1) is 0 Å². The van der Waals surface area contributed by atoms with Gasteiger partial charge < -0.3 is 4.48 Å². The summed E-state index contributed by atoms with van der Waals surface area (Å²) in [7, 11) is 0. The molecule has 0 N–H and O–H groups in total. The molecule has 0 aromatic heterocycles. The molecule has 0 amide bonds. The Balaban J connectivity index is 2.17. The van der Waals surface area contributed by atoms with Gasteiger partial charge in [-0.3, -0.25) is 4.79 Å². The number of nitrogens with zero attached hydrogens (tertiary/aromatic N) is 1. The number of halogens is 1. The monoisotopic (exact) mass is 316 g/mol. The summed E-state index contributed by atoms with van der Waals surface area (Å²) in [5, 5.41) is 0.660. The standard InChI is InChI=1S/C19H23ClNO/c1-3-21(4-2,14-16-8-6-5-7-9-16)15-19(22)17-10-12-18(20)13-11-17/h5-13H,3-4,14-15H2,1-2H3/q+1. The zero-order valence-electron chi connectivity index (χ0n) is 13.3. The first-order chi connectivity index (χ1) is 10.6. The number of likely N-dealkylation sites (N-methyl/N-ethyl adjacent to an activating group) is 1. The number of hydrogen-bond donors (Lipinski definition) is 0. The number of hydrogen-bond acceptors (Lipinski definition) is 1. The topological polar surface area (TPSA) is 17.1 Å². The van der Waals surface area contributed by atoms with Crippen molar-refractivity contribution in [3.63, 3.8) is 0 Å². The molecule has 0 unspecified atom stereocenters. The Hall–Kier alpha value is -1.64. The van der Waals surface area contributed by atoms with E-state index < -0.39 is 0 Å². The minimum Gasteiger partial charge on any atom is -0.314 e. The highest BCUT2D eigenvalue weighted by Gasteiger charge is 2.27. The van der Waals surface area contributed by atoms with Gasteiger partial charge in [0.15, 0.2) is 0 Å². The van der Waals surface area contributed by atoms with Crippen molar-refractivity contribution in [3.05, 3.63) is 70.7 Å². The molecule has 0 spiro atoms. The van der Waals surface area contributed by atoms with E-state index in [1.807, 2.05) is 18.2 Å². The van der Waals surface area contributed by atoms with Crippen LogP contribution in [0.2, 0.25) is 5.02 Å². The van der Waals surface area contributed by atoms with Gasteiger partial charge in [0.25, 0.3) is 0 Å². The Labute approximate surface area is 137 Å². The van der Waals surface area contributed by atoms with Crippen molar-refractivity contribution in [1.29, 1.82) is 0 Å². The first-order valence-electron chi connectivity index (χ1n) is 7.76. The lowest BCUT2D eigenvalue weighted by Gasteiger charge is -2.36. The zero-order valence-corrected chi connectivity index (χ0v) is 14.0. The molecule has 0 atom stereocenters. The fraction of sp³-hybridized carbons (Fsp3) is 0.316. The van der Waals surface area contributed by atoms with Gasteiger partial charge in [-0.05, 0) is 38.1 Å². The van der Waals surface area contributed by atoms with Gasteiger partial charge in [0.2, 0.25) is 5.78 Å². The van der Waals surface area contributed by atoms with E-state index >= 15 is 0 Å². The molecule has 0 aliphatic heterocycles. The summed E-state index contributed by atoms with van der Waals surface area (Å²) < 4.78 is 0.769. The second-order valence-corrected chi connectivity index (χ2v) is 6.14. The van der Waals surface area contributed by atoms with Crippen LogP contribution in [0.5, 0.6) is 0 Å². The SMILES string of the molecule is CC[N+](CC)(CC(=O)c1ccc(Cl)cc1)Cc1ccccc1. The highest BCUT2D eigenvalue weighted by atomic mass is 35.5. The van der Waals surface area contributed by atoms with Crippen LogP contribution in [0.1, 0.15) is 29.8 Å². The van der Waals surface area contributed by atoms with Crippen LogP contribution in [0, 0.1) is 0 Å². The lowest BCUT2D eigenvalue weighted by Crippen LogP contribution is -2.50. The van der Waals surface area contributed by atoms with E-state index in [-0.39, 0.29) is 5.78 Å². The molecule has 0 aliphatic rings. The molecule has 2 aromatic carbocycles. The number of carbonyl (C=O) groups excluding carboxylic acids is 1. The molecule has 0 saturated heterocycles. The van der Waals surface area contributed by atoms with Gasteiger partial charge in [0.1, 0.15) is 13.1 Å². The van der Waals surface area contributed by atoms with Crippen LogP contribution in [0.3, 0.4) is 0 Å². The highest BCUT2D eigenvalue weighted by molar-refractivity contribution is 6.30. The first kappa shape index (κ1) is 16.7. The van der Waals surface area contributed by atoms with E-state index in [0.717, 1.165) is 29.7 Å². The molecule has 2 nitrogen and oxygen atoms in total. The number of Topliss-reactive ketones (excluding diaryl/α,β-unsaturated/α-hetero) is 1. The van der Waals surface area contributed by atoms with E-state index in [4.69, 9.17) is 11.6 Å². The number of quaternary nitrogens is 1. The van der Waals surface area contributed by atoms with Gasteiger partial charge in [0, 0.05) is 16.1 Å². The second-order valence-electron chi connectivity index (χ2n) is 5.71. The molecule has 0 radical (unpaired) electrons. The average Bonchev–Trinajstić information content (AvgIpc) is 2.55. The van der Waals surface area contributed by atoms with Crippen molar-refractivity contribution in [2.24, 2.45) is 0 Å². The summed E-state index contributed by atoms with van der Waals surface area (Å²) in [6.07, 6.45) is 0. The Morgan fingerprint density at radius 1 is 0.955 bits per heavy atom. The van der Waals surface area contributed by atoms with E-state index in [1.54, 1.807) is 12.1 Å². The molecule has 0 saturated carbocycles. The van der Waals surface area contributed by atoms with Crippen molar-refractivity contribution < 1.29 is 9.28 Å². The van der Waals surface area contributed by atoms with Crippen LogP contribution < -0.4 is 0 Å². The summed E-state index contributed by atoms with van der Waals surface area (Å²) >= 11 is 5.90. The number of carbonyl (C=O) groups is 1. The number of ketones is 1. The summed E-state index contributed by atoms with van der Waals surface area (Å²) in [4.78, 5) is 12.6. The molecule has 3 heteroatoms. The van der Waals surface area contributed by atoms with E-state index in [0.29, 0.717) is 11.6 Å². The van der Waals surface area contributed by atoms with Gasteiger partial charge in [-0.2, -0.15) is 0 Å². The van der Waals surface area contributed by atoms with Crippen molar-refractivity contribution in [1.82, 2.24) is 0 Å². The number of rotatable bonds is 7. The maximum absolute atomic E-state index is 12.6. The molecular weight excluding hydrogens is 294 g/mol. The van der Waals surface area contributed by atoms with Crippen LogP contribution >= 0.6 is 11.6 Å². The largest absolute Gasteiger partial charge is 0.314 e. The van der Waals surface area contributed by atoms with Crippen molar-refractivity contribution >= 4 is 17.4 Å². The molecule has 22 heavy (non-hydrogen) atoms. The molecule has 0 heterocycles. The maximum atomic E-state index is 12.6. The fourth-order valence-electron chi connectivity index (χ4n) is 2.73. The molecule has 116 valence electrons. The van der Waals surface area contributed by atoms with E-state index in [9.17, 15) is 4.79 Å². The minimum atomic E-state index is 0.177. The van der Waals surface area contributed by atoms with Crippen molar-refractivity contribution in [3.8, 4) is 0 Å². The predicted octanol–water partition coefficient (Wildman–Crippen LogP) is 4.58. The molecule has 0 aliphatic carbocycles. The first-order valence-corrected chi connectivity index (χ1v) is 8.14. The quantitative estimate of drug-likeness (QED) is 0.540. The van der Waals surface area contributed by atoms with Gasteiger partial charge in [0.05, 0.1) is 13.1 Å².